The molecule has 0 atom stereocenters. The van der Waals surface area contributed by atoms with Crippen molar-refractivity contribution in [3.8, 4) is 23.1 Å². The maximum Gasteiger partial charge on any atom is 0.322 e. The Labute approximate surface area is 207 Å². The molecule has 2 amide bonds. The third kappa shape index (κ3) is 4.36. The molecule has 0 bridgehead atoms. The van der Waals surface area contributed by atoms with Crippen LogP contribution in [-0.4, -0.2) is 29.8 Å². The monoisotopic (exact) mass is 470 g/mol. The number of amides is 2. The van der Waals surface area contributed by atoms with Crippen molar-refractivity contribution < 1.29 is 9.53 Å². The first kappa shape index (κ1) is 23.3. The molecule has 2 fully saturated rings. The lowest BCUT2D eigenvalue weighted by Crippen LogP contribution is -2.44. The number of hydrogen-bond acceptors (Lipinski definition) is 3. The molecule has 0 radical (unpaired) electrons. The summed E-state index contributed by atoms with van der Waals surface area (Å²) in [5, 5.41) is 14.3. The van der Waals surface area contributed by atoms with E-state index in [2.05, 4.69) is 34.2 Å². The third-order valence-corrected chi connectivity index (χ3v) is 7.53. The highest BCUT2D eigenvalue weighted by molar-refractivity contribution is 5.96. The largest absolute Gasteiger partial charge is 0.494 e. The van der Waals surface area contributed by atoms with Crippen molar-refractivity contribution >= 4 is 22.6 Å². The van der Waals surface area contributed by atoms with Gasteiger partial charge in [-0.2, -0.15) is 5.26 Å². The van der Waals surface area contributed by atoms with E-state index >= 15 is 0 Å². The van der Waals surface area contributed by atoms with Crippen LogP contribution in [0.15, 0.2) is 42.5 Å². The minimum atomic E-state index is -0.0306. The average Bonchev–Trinajstić information content (AvgIpc) is 3.45. The Kier molecular flexibility index (Phi) is 6.68. The van der Waals surface area contributed by atoms with Gasteiger partial charge >= 0.3 is 6.03 Å². The van der Waals surface area contributed by atoms with Crippen molar-refractivity contribution in [1.29, 1.82) is 5.26 Å². The summed E-state index contributed by atoms with van der Waals surface area (Å²) in [4.78, 5) is 14.7. The van der Waals surface area contributed by atoms with Gasteiger partial charge in [-0.15, -0.1) is 0 Å². The Morgan fingerprint density at radius 2 is 1.83 bits per heavy atom. The van der Waals surface area contributed by atoms with Gasteiger partial charge in [0.15, 0.2) is 0 Å². The molecule has 1 aromatic heterocycles. The van der Waals surface area contributed by atoms with E-state index in [0.29, 0.717) is 24.8 Å². The zero-order valence-electron chi connectivity index (χ0n) is 20.7. The van der Waals surface area contributed by atoms with Crippen LogP contribution in [-0.2, 0) is 0 Å². The summed E-state index contributed by atoms with van der Waals surface area (Å²) < 4.78 is 8.12. The van der Waals surface area contributed by atoms with Crippen molar-refractivity contribution in [3.05, 3.63) is 48.0 Å². The van der Waals surface area contributed by atoms with Crippen LogP contribution >= 0.6 is 0 Å². The number of benzene rings is 2. The Bertz CT molecular complexity index is 1240. The molecule has 2 aliphatic rings. The number of fused-ring (bicyclic) bond motifs is 1. The van der Waals surface area contributed by atoms with Crippen LogP contribution in [0, 0.1) is 11.3 Å². The fourth-order valence-corrected chi connectivity index (χ4v) is 5.53. The van der Waals surface area contributed by atoms with Crippen LogP contribution in [0.4, 0.5) is 10.5 Å². The molecule has 0 unspecified atom stereocenters. The third-order valence-electron chi connectivity index (χ3n) is 7.53. The van der Waals surface area contributed by atoms with Crippen LogP contribution in [0.2, 0.25) is 0 Å². The van der Waals surface area contributed by atoms with Gasteiger partial charge < -0.3 is 14.6 Å². The number of urea groups is 1. The summed E-state index contributed by atoms with van der Waals surface area (Å²) >= 11 is 0. The summed E-state index contributed by atoms with van der Waals surface area (Å²) in [5.74, 6) is 0.830. The lowest BCUT2D eigenvalue weighted by molar-refractivity contribution is 0.243. The normalized spacial score (nSPS) is 16.1. The SMILES string of the molecule is CCOc1ccc2c(C#N)c(-c3ccc(N(CC)C(=O)NC4CCCC4)cc3)n(C3CCC3)c2c1. The topological polar surface area (TPSA) is 70.3 Å². The van der Waals surface area contributed by atoms with Gasteiger partial charge in [-0.3, -0.25) is 4.90 Å². The fourth-order valence-electron chi connectivity index (χ4n) is 5.53. The molecule has 0 spiro atoms. The molecule has 2 aliphatic carbocycles. The molecule has 2 saturated carbocycles. The van der Waals surface area contributed by atoms with Gasteiger partial charge in [0.05, 0.1) is 23.4 Å². The lowest BCUT2D eigenvalue weighted by atomic mass is 9.92. The summed E-state index contributed by atoms with van der Waals surface area (Å²) in [6.07, 6.45) is 7.94. The molecule has 2 aromatic carbocycles. The summed E-state index contributed by atoms with van der Waals surface area (Å²) in [6.45, 7) is 5.19. The molecule has 0 aliphatic heterocycles. The van der Waals surface area contributed by atoms with Crippen LogP contribution in [0.3, 0.4) is 0 Å². The van der Waals surface area contributed by atoms with E-state index < -0.39 is 0 Å². The second-order valence-corrected chi connectivity index (χ2v) is 9.62. The van der Waals surface area contributed by atoms with Crippen molar-refractivity contribution in [3.63, 3.8) is 0 Å². The van der Waals surface area contributed by atoms with E-state index in [1.165, 1.54) is 19.3 Å². The number of hydrogen-bond donors (Lipinski definition) is 1. The van der Waals surface area contributed by atoms with E-state index in [-0.39, 0.29) is 12.1 Å². The smallest absolute Gasteiger partial charge is 0.322 e. The Morgan fingerprint density at radius 3 is 2.43 bits per heavy atom. The quantitative estimate of drug-likeness (QED) is 0.414. The lowest BCUT2D eigenvalue weighted by Gasteiger charge is -2.30. The number of carbonyl (C=O) groups is 1. The summed E-state index contributed by atoms with van der Waals surface area (Å²) in [5.41, 5.74) is 4.59. The first-order valence-electron chi connectivity index (χ1n) is 13.0. The van der Waals surface area contributed by atoms with Gasteiger partial charge in [0.25, 0.3) is 0 Å². The molecule has 1 heterocycles. The minimum Gasteiger partial charge on any atom is -0.494 e. The predicted molar refractivity (Wildman–Crippen MR) is 140 cm³/mol. The van der Waals surface area contributed by atoms with Crippen molar-refractivity contribution in [1.82, 2.24) is 9.88 Å². The molecule has 6 nitrogen and oxygen atoms in total. The Morgan fingerprint density at radius 1 is 1.09 bits per heavy atom. The Hall–Kier alpha value is -3.46. The highest BCUT2D eigenvalue weighted by Gasteiger charge is 2.28. The van der Waals surface area contributed by atoms with Gasteiger partial charge in [-0.25, -0.2) is 4.79 Å². The van der Waals surface area contributed by atoms with Crippen LogP contribution in [0.1, 0.15) is 70.4 Å². The van der Waals surface area contributed by atoms with E-state index in [1.807, 2.05) is 38.1 Å². The molecular formula is C29H34N4O2. The number of rotatable bonds is 7. The zero-order chi connectivity index (χ0) is 24.4. The number of nitriles is 1. The number of aromatic nitrogens is 1. The molecule has 1 N–H and O–H groups in total. The van der Waals surface area contributed by atoms with Crippen LogP contribution < -0.4 is 15.0 Å². The molecule has 35 heavy (non-hydrogen) atoms. The van der Waals surface area contributed by atoms with Crippen molar-refractivity contribution in [2.75, 3.05) is 18.1 Å². The minimum absolute atomic E-state index is 0.0306. The molecule has 6 heteroatoms. The van der Waals surface area contributed by atoms with E-state index in [0.717, 1.165) is 59.3 Å². The van der Waals surface area contributed by atoms with Crippen molar-refractivity contribution in [2.24, 2.45) is 0 Å². The Balaban J connectivity index is 1.52. The summed E-state index contributed by atoms with van der Waals surface area (Å²) in [7, 11) is 0. The second-order valence-electron chi connectivity index (χ2n) is 9.62. The molecule has 3 aromatic rings. The fraction of sp³-hybridized carbons (Fsp3) is 0.448. The number of nitrogens with one attached hydrogen (secondary N) is 1. The van der Waals surface area contributed by atoms with Gasteiger partial charge in [0.1, 0.15) is 11.8 Å². The van der Waals surface area contributed by atoms with Gasteiger partial charge in [-0.05, 0) is 75.8 Å². The van der Waals surface area contributed by atoms with Crippen LogP contribution in [0.5, 0.6) is 5.75 Å². The first-order chi connectivity index (χ1) is 17.1. The average molecular weight is 471 g/mol. The van der Waals surface area contributed by atoms with E-state index in [9.17, 15) is 10.1 Å². The highest BCUT2D eigenvalue weighted by Crippen LogP contribution is 2.43. The van der Waals surface area contributed by atoms with E-state index in [4.69, 9.17) is 4.74 Å². The van der Waals surface area contributed by atoms with E-state index in [1.54, 1.807) is 4.90 Å². The highest BCUT2D eigenvalue weighted by atomic mass is 16.5. The summed E-state index contributed by atoms with van der Waals surface area (Å²) in [6, 6.07) is 17.3. The molecule has 0 saturated heterocycles. The number of carbonyl (C=O) groups excluding carboxylic acids is 1. The van der Waals surface area contributed by atoms with Crippen molar-refractivity contribution in [2.45, 2.75) is 70.9 Å². The molecule has 182 valence electrons. The zero-order valence-corrected chi connectivity index (χ0v) is 20.7. The van der Waals surface area contributed by atoms with Crippen LogP contribution in [0.25, 0.3) is 22.2 Å². The number of ether oxygens (including phenoxy) is 1. The number of nitrogens with zero attached hydrogens (tertiary/aromatic N) is 3. The van der Waals surface area contributed by atoms with Gasteiger partial charge in [-0.1, -0.05) is 25.0 Å². The maximum absolute atomic E-state index is 12.9. The molecular weight excluding hydrogens is 436 g/mol. The number of anilines is 1. The maximum atomic E-state index is 12.9. The second kappa shape index (κ2) is 10.0. The van der Waals surface area contributed by atoms with Gasteiger partial charge in [0, 0.05) is 35.8 Å². The standard InChI is InChI=1S/C29H34N4O2/c1-3-32(29(34)31-21-8-5-6-9-21)22-14-12-20(13-15-22)28-26(19-30)25-17-16-24(35-4-2)18-27(25)33(28)23-10-7-11-23/h12-18,21,23H,3-11H2,1-2H3,(H,31,34). The first-order valence-corrected chi connectivity index (χ1v) is 13.0. The molecule has 5 rings (SSSR count). The van der Waals surface area contributed by atoms with Gasteiger partial charge in [0.2, 0.25) is 0 Å². The predicted octanol–water partition coefficient (Wildman–Crippen LogP) is 6.78.